The number of carboxylic acid groups (broad SMARTS) is 1. The first kappa shape index (κ1) is 12.8. The van der Waals surface area contributed by atoms with Crippen LogP contribution in [0.4, 0.5) is 0 Å². The lowest BCUT2D eigenvalue weighted by atomic mass is 10.0. The van der Waals surface area contributed by atoms with Crippen LogP contribution in [0.25, 0.3) is 0 Å². The SMILES string of the molecule is CC(=O)NCC#Cc1cccc(C)c1C(=O)O. The van der Waals surface area contributed by atoms with Crippen LogP contribution in [0.5, 0.6) is 0 Å². The molecule has 0 fully saturated rings. The summed E-state index contributed by atoms with van der Waals surface area (Å²) in [5.41, 5.74) is 1.34. The Morgan fingerprint density at radius 2 is 2.12 bits per heavy atom. The van der Waals surface area contributed by atoms with Crippen molar-refractivity contribution < 1.29 is 14.7 Å². The molecule has 0 aliphatic carbocycles. The van der Waals surface area contributed by atoms with Crippen molar-refractivity contribution in [3.63, 3.8) is 0 Å². The number of rotatable bonds is 2. The van der Waals surface area contributed by atoms with Gasteiger partial charge in [-0.15, -0.1) is 0 Å². The molecule has 0 unspecified atom stereocenters. The fraction of sp³-hybridized carbons (Fsp3) is 0.231. The molecule has 0 aliphatic rings. The maximum Gasteiger partial charge on any atom is 0.337 e. The summed E-state index contributed by atoms with van der Waals surface area (Å²) in [6, 6.07) is 5.13. The third kappa shape index (κ3) is 3.65. The Morgan fingerprint density at radius 1 is 1.41 bits per heavy atom. The van der Waals surface area contributed by atoms with Crippen LogP contribution in [0.3, 0.4) is 0 Å². The van der Waals surface area contributed by atoms with Gasteiger partial charge in [0.1, 0.15) is 0 Å². The number of benzene rings is 1. The molecular weight excluding hydrogens is 218 g/mol. The summed E-state index contributed by atoms with van der Waals surface area (Å²) in [5.74, 6) is 4.30. The maximum absolute atomic E-state index is 11.0. The number of carbonyl (C=O) groups is 2. The van der Waals surface area contributed by atoms with Crippen LogP contribution in [-0.2, 0) is 4.79 Å². The fourth-order valence-corrected chi connectivity index (χ4v) is 1.36. The first-order valence-corrected chi connectivity index (χ1v) is 5.08. The maximum atomic E-state index is 11.0. The molecule has 0 radical (unpaired) electrons. The van der Waals surface area contributed by atoms with Gasteiger partial charge in [0.2, 0.25) is 5.91 Å². The molecule has 1 aromatic carbocycles. The number of carbonyl (C=O) groups excluding carboxylic acids is 1. The van der Waals surface area contributed by atoms with E-state index in [-0.39, 0.29) is 18.0 Å². The minimum Gasteiger partial charge on any atom is -0.478 e. The van der Waals surface area contributed by atoms with Crippen LogP contribution in [0.1, 0.15) is 28.4 Å². The summed E-state index contributed by atoms with van der Waals surface area (Å²) in [6.45, 7) is 3.34. The molecule has 1 amide bonds. The molecule has 0 heterocycles. The predicted octanol–water partition coefficient (Wildman–Crippen LogP) is 1.18. The number of hydrogen-bond acceptors (Lipinski definition) is 2. The van der Waals surface area contributed by atoms with Gasteiger partial charge >= 0.3 is 5.97 Å². The largest absolute Gasteiger partial charge is 0.478 e. The third-order valence-electron chi connectivity index (χ3n) is 2.14. The van der Waals surface area contributed by atoms with Gasteiger partial charge in [-0.05, 0) is 18.6 Å². The van der Waals surface area contributed by atoms with Crippen molar-refractivity contribution in [2.24, 2.45) is 0 Å². The number of carboxylic acids is 1. The second-order valence-electron chi connectivity index (χ2n) is 3.51. The summed E-state index contributed by atoms with van der Waals surface area (Å²) >= 11 is 0. The van der Waals surface area contributed by atoms with Gasteiger partial charge in [-0.2, -0.15) is 0 Å². The molecule has 88 valence electrons. The van der Waals surface area contributed by atoms with E-state index in [4.69, 9.17) is 5.11 Å². The molecule has 0 atom stereocenters. The van der Waals surface area contributed by atoms with Gasteiger partial charge in [0.25, 0.3) is 0 Å². The highest BCUT2D eigenvalue weighted by Gasteiger charge is 2.10. The second-order valence-corrected chi connectivity index (χ2v) is 3.51. The average molecular weight is 231 g/mol. The highest BCUT2D eigenvalue weighted by Crippen LogP contribution is 2.12. The topological polar surface area (TPSA) is 66.4 Å². The lowest BCUT2D eigenvalue weighted by Gasteiger charge is -2.02. The number of nitrogens with one attached hydrogen (secondary N) is 1. The van der Waals surface area contributed by atoms with E-state index in [1.54, 1.807) is 25.1 Å². The van der Waals surface area contributed by atoms with Gasteiger partial charge in [-0.25, -0.2) is 4.79 Å². The van der Waals surface area contributed by atoms with Crippen LogP contribution in [0.15, 0.2) is 18.2 Å². The molecule has 0 aliphatic heterocycles. The number of amides is 1. The molecular formula is C13H13NO3. The average Bonchev–Trinajstić information content (AvgIpc) is 2.23. The van der Waals surface area contributed by atoms with Crippen molar-refractivity contribution in [3.8, 4) is 11.8 Å². The third-order valence-corrected chi connectivity index (χ3v) is 2.14. The molecule has 1 aromatic rings. The minimum absolute atomic E-state index is 0.165. The first-order valence-electron chi connectivity index (χ1n) is 5.08. The number of aryl methyl sites for hydroxylation is 1. The van der Waals surface area contributed by atoms with E-state index < -0.39 is 5.97 Å². The Balaban J connectivity index is 2.94. The summed E-state index contributed by atoms with van der Waals surface area (Å²) in [4.78, 5) is 21.7. The Kier molecular flexibility index (Phi) is 4.29. The normalized spacial score (nSPS) is 9.06. The quantitative estimate of drug-likeness (QED) is 0.751. The van der Waals surface area contributed by atoms with Crippen molar-refractivity contribution in [3.05, 3.63) is 34.9 Å². The number of aromatic carboxylic acids is 1. The van der Waals surface area contributed by atoms with Gasteiger partial charge in [-0.1, -0.05) is 24.0 Å². The lowest BCUT2D eigenvalue weighted by Crippen LogP contribution is -2.19. The van der Waals surface area contributed by atoms with Crippen LogP contribution < -0.4 is 5.32 Å². The van der Waals surface area contributed by atoms with Crippen molar-refractivity contribution in [2.75, 3.05) is 6.54 Å². The summed E-state index contributed by atoms with van der Waals surface area (Å²) in [5, 5.41) is 11.6. The molecule has 0 aromatic heterocycles. The predicted molar refractivity (Wildman–Crippen MR) is 63.7 cm³/mol. The standard InChI is InChI=1S/C13H13NO3/c1-9-5-3-6-11(12(9)13(16)17)7-4-8-14-10(2)15/h3,5-6H,8H2,1-2H3,(H,14,15)(H,16,17). The monoisotopic (exact) mass is 231 g/mol. The van der Waals surface area contributed by atoms with Crippen LogP contribution in [0.2, 0.25) is 0 Å². The van der Waals surface area contributed by atoms with E-state index in [0.29, 0.717) is 11.1 Å². The Bertz CT molecular complexity index is 509. The second kappa shape index (κ2) is 5.71. The van der Waals surface area contributed by atoms with Crippen molar-refractivity contribution in [1.82, 2.24) is 5.32 Å². The molecule has 0 saturated carbocycles. The van der Waals surface area contributed by atoms with E-state index in [9.17, 15) is 9.59 Å². The zero-order valence-electron chi connectivity index (χ0n) is 9.70. The van der Waals surface area contributed by atoms with Gasteiger partial charge in [-0.3, -0.25) is 4.79 Å². The zero-order chi connectivity index (χ0) is 12.8. The smallest absolute Gasteiger partial charge is 0.337 e. The molecule has 1 rings (SSSR count). The molecule has 4 nitrogen and oxygen atoms in total. The number of hydrogen-bond donors (Lipinski definition) is 2. The minimum atomic E-state index is -0.994. The highest BCUT2D eigenvalue weighted by molar-refractivity contribution is 5.92. The highest BCUT2D eigenvalue weighted by atomic mass is 16.4. The summed E-state index contributed by atoms with van der Waals surface area (Å²) in [6.07, 6.45) is 0. The van der Waals surface area contributed by atoms with Gasteiger partial charge in [0.05, 0.1) is 12.1 Å². The Hall–Kier alpha value is -2.28. The van der Waals surface area contributed by atoms with Crippen molar-refractivity contribution in [1.29, 1.82) is 0 Å². The molecule has 0 spiro atoms. The summed E-state index contributed by atoms with van der Waals surface area (Å²) < 4.78 is 0. The molecule has 0 bridgehead atoms. The van der Waals surface area contributed by atoms with E-state index in [2.05, 4.69) is 17.2 Å². The van der Waals surface area contributed by atoms with Gasteiger partial charge in [0, 0.05) is 12.5 Å². The fourth-order valence-electron chi connectivity index (χ4n) is 1.36. The van der Waals surface area contributed by atoms with Crippen molar-refractivity contribution in [2.45, 2.75) is 13.8 Å². The Morgan fingerprint density at radius 3 is 2.71 bits per heavy atom. The first-order chi connectivity index (χ1) is 8.02. The molecule has 2 N–H and O–H groups in total. The van der Waals surface area contributed by atoms with E-state index in [1.807, 2.05) is 0 Å². The summed E-state index contributed by atoms with van der Waals surface area (Å²) in [7, 11) is 0. The zero-order valence-corrected chi connectivity index (χ0v) is 9.70. The van der Waals surface area contributed by atoms with Gasteiger partial charge < -0.3 is 10.4 Å². The lowest BCUT2D eigenvalue weighted by molar-refractivity contribution is -0.118. The Labute approximate surface area is 99.7 Å². The van der Waals surface area contributed by atoms with Gasteiger partial charge in [0.15, 0.2) is 0 Å². The molecule has 4 heteroatoms. The molecule has 0 saturated heterocycles. The van der Waals surface area contributed by atoms with Crippen LogP contribution in [0, 0.1) is 18.8 Å². The van der Waals surface area contributed by atoms with Crippen molar-refractivity contribution >= 4 is 11.9 Å². The van der Waals surface area contributed by atoms with Crippen LogP contribution >= 0.6 is 0 Å². The van der Waals surface area contributed by atoms with Crippen LogP contribution in [-0.4, -0.2) is 23.5 Å². The van der Waals surface area contributed by atoms with E-state index in [0.717, 1.165) is 0 Å². The van der Waals surface area contributed by atoms with E-state index in [1.165, 1.54) is 6.92 Å². The van der Waals surface area contributed by atoms with E-state index >= 15 is 0 Å². The molecule has 17 heavy (non-hydrogen) atoms.